The highest BCUT2D eigenvalue weighted by Crippen LogP contribution is 2.62. The SMILES string of the molecule is Cc1ccc(C)c([C@@H]2C[C@H]3C[C@H]2[C@H]2C(=O)N(c4ccc(Br)cc4)C(=O)[C@@H]32)c1. The second kappa shape index (κ2) is 6.03. The minimum absolute atomic E-state index is 0.00910. The first kappa shape index (κ1) is 17.2. The highest BCUT2D eigenvalue weighted by Gasteiger charge is 2.64. The lowest BCUT2D eigenvalue weighted by Crippen LogP contribution is -2.32. The predicted molar refractivity (Wildman–Crippen MR) is 108 cm³/mol. The number of amides is 2. The van der Waals surface area contributed by atoms with Gasteiger partial charge in [-0.15, -0.1) is 0 Å². The number of carbonyl (C=O) groups excluding carboxylic acids is 2. The van der Waals surface area contributed by atoms with Crippen molar-refractivity contribution in [3.05, 3.63) is 63.6 Å². The first-order chi connectivity index (χ1) is 13.0. The molecule has 2 saturated carbocycles. The van der Waals surface area contributed by atoms with E-state index in [1.54, 1.807) is 0 Å². The lowest BCUT2D eigenvalue weighted by atomic mass is 9.72. The topological polar surface area (TPSA) is 37.4 Å². The van der Waals surface area contributed by atoms with E-state index < -0.39 is 0 Å². The molecule has 3 nitrogen and oxygen atoms in total. The molecule has 5 rings (SSSR count). The average Bonchev–Trinajstić information content (AvgIpc) is 3.30. The second-order valence-electron chi connectivity index (χ2n) is 8.40. The molecule has 3 fully saturated rings. The van der Waals surface area contributed by atoms with Gasteiger partial charge in [-0.1, -0.05) is 39.7 Å². The van der Waals surface area contributed by atoms with Gasteiger partial charge in [-0.3, -0.25) is 14.5 Å². The maximum Gasteiger partial charge on any atom is 0.237 e. The molecule has 0 spiro atoms. The molecule has 2 aromatic carbocycles. The van der Waals surface area contributed by atoms with Gasteiger partial charge in [0.1, 0.15) is 0 Å². The number of fused-ring (bicyclic) bond motifs is 5. The van der Waals surface area contributed by atoms with Crippen molar-refractivity contribution in [2.75, 3.05) is 4.90 Å². The zero-order valence-corrected chi connectivity index (χ0v) is 17.1. The molecule has 1 heterocycles. The molecular formula is C23H22BrNO2. The normalized spacial score (nSPS) is 31.7. The van der Waals surface area contributed by atoms with Crippen LogP contribution in [0.3, 0.4) is 0 Å². The fraction of sp³-hybridized carbons (Fsp3) is 0.391. The van der Waals surface area contributed by atoms with Crippen LogP contribution in [0.1, 0.15) is 35.4 Å². The molecule has 2 aliphatic carbocycles. The standard InChI is InChI=1S/C23H22BrNO2/c1-12-3-4-13(2)17(9-12)18-10-14-11-19(18)21-20(14)22(26)25(23(21)27)16-7-5-15(24)6-8-16/h3-9,14,18-21H,10-11H2,1-2H3/t14-,18-,19+,20-,21+/m0/s1. The predicted octanol–water partition coefficient (Wildman–Crippen LogP) is 5.00. The van der Waals surface area contributed by atoms with Crippen molar-refractivity contribution in [3.63, 3.8) is 0 Å². The van der Waals surface area contributed by atoms with Gasteiger partial charge in [-0.05, 0) is 79.8 Å². The Bertz CT molecular complexity index is 951. The third-order valence-corrected chi connectivity index (χ3v) is 7.46. The van der Waals surface area contributed by atoms with Crippen molar-refractivity contribution >= 4 is 33.4 Å². The van der Waals surface area contributed by atoms with Crippen LogP contribution in [0.15, 0.2) is 46.9 Å². The number of anilines is 1. The van der Waals surface area contributed by atoms with Crippen LogP contribution in [0.4, 0.5) is 5.69 Å². The Labute approximate surface area is 167 Å². The zero-order valence-electron chi connectivity index (χ0n) is 15.5. The summed E-state index contributed by atoms with van der Waals surface area (Å²) in [6, 6.07) is 14.1. The van der Waals surface area contributed by atoms with Crippen molar-refractivity contribution in [1.82, 2.24) is 0 Å². The Morgan fingerprint density at radius 2 is 1.63 bits per heavy atom. The number of benzene rings is 2. The van der Waals surface area contributed by atoms with Crippen molar-refractivity contribution in [2.24, 2.45) is 23.7 Å². The van der Waals surface area contributed by atoms with Crippen LogP contribution in [0.5, 0.6) is 0 Å². The number of aryl methyl sites for hydroxylation is 2. The summed E-state index contributed by atoms with van der Waals surface area (Å²) in [4.78, 5) is 27.9. The Morgan fingerprint density at radius 1 is 0.926 bits per heavy atom. The van der Waals surface area contributed by atoms with Crippen LogP contribution < -0.4 is 4.90 Å². The molecule has 27 heavy (non-hydrogen) atoms. The molecule has 2 aromatic rings. The van der Waals surface area contributed by atoms with Crippen LogP contribution in [0.2, 0.25) is 0 Å². The third-order valence-electron chi connectivity index (χ3n) is 6.93. The highest BCUT2D eigenvalue weighted by molar-refractivity contribution is 9.10. The van der Waals surface area contributed by atoms with Crippen LogP contribution in [0.25, 0.3) is 0 Å². The van der Waals surface area contributed by atoms with Crippen LogP contribution in [-0.2, 0) is 9.59 Å². The molecule has 2 bridgehead atoms. The van der Waals surface area contributed by atoms with Gasteiger partial charge in [-0.25, -0.2) is 0 Å². The van der Waals surface area contributed by atoms with E-state index in [0.717, 1.165) is 17.3 Å². The lowest BCUT2D eigenvalue weighted by molar-refractivity contribution is -0.123. The first-order valence-electron chi connectivity index (χ1n) is 9.66. The Hall–Kier alpha value is -1.94. The largest absolute Gasteiger partial charge is 0.274 e. The molecule has 4 heteroatoms. The van der Waals surface area contributed by atoms with E-state index in [2.05, 4.69) is 48.0 Å². The van der Waals surface area contributed by atoms with Gasteiger partial charge < -0.3 is 0 Å². The summed E-state index contributed by atoms with van der Waals surface area (Å²) >= 11 is 3.42. The zero-order chi connectivity index (χ0) is 18.9. The smallest absolute Gasteiger partial charge is 0.237 e. The summed E-state index contributed by atoms with van der Waals surface area (Å²) in [6.07, 6.45) is 2.04. The van der Waals surface area contributed by atoms with Crippen LogP contribution in [-0.4, -0.2) is 11.8 Å². The maximum atomic E-state index is 13.3. The molecule has 5 atom stereocenters. The molecule has 2 amide bonds. The number of hydrogen-bond acceptors (Lipinski definition) is 2. The van der Waals surface area contributed by atoms with Crippen LogP contribution in [0, 0.1) is 37.5 Å². The van der Waals surface area contributed by atoms with Gasteiger partial charge in [-0.2, -0.15) is 0 Å². The minimum Gasteiger partial charge on any atom is -0.274 e. The summed E-state index contributed by atoms with van der Waals surface area (Å²) < 4.78 is 0.945. The number of imide groups is 1. The molecule has 0 unspecified atom stereocenters. The summed E-state index contributed by atoms with van der Waals surface area (Å²) in [6.45, 7) is 4.28. The van der Waals surface area contributed by atoms with E-state index in [9.17, 15) is 9.59 Å². The van der Waals surface area contributed by atoms with E-state index >= 15 is 0 Å². The van der Waals surface area contributed by atoms with Crippen molar-refractivity contribution < 1.29 is 9.59 Å². The molecule has 0 radical (unpaired) electrons. The van der Waals surface area contributed by atoms with Crippen molar-refractivity contribution in [3.8, 4) is 0 Å². The number of carbonyl (C=O) groups is 2. The third kappa shape index (κ3) is 2.46. The minimum atomic E-state index is -0.148. The van der Waals surface area contributed by atoms with Gasteiger partial charge in [0, 0.05) is 4.47 Å². The number of hydrogen-bond donors (Lipinski definition) is 0. The number of nitrogens with zero attached hydrogens (tertiary/aromatic N) is 1. The molecular weight excluding hydrogens is 402 g/mol. The van der Waals surface area contributed by atoms with Crippen LogP contribution >= 0.6 is 15.9 Å². The Morgan fingerprint density at radius 3 is 2.37 bits per heavy atom. The molecule has 1 aliphatic heterocycles. The van der Waals surface area contributed by atoms with Gasteiger partial charge in [0.2, 0.25) is 11.8 Å². The van der Waals surface area contributed by atoms with Crippen molar-refractivity contribution in [1.29, 1.82) is 0 Å². The van der Waals surface area contributed by atoms with Gasteiger partial charge in [0.15, 0.2) is 0 Å². The fourth-order valence-corrected chi connectivity index (χ4v) is 6.09. The molecule has 0 N–H and O–H groups in total. The quantitative estimate of drug-likeness (QED) is 0.637. The monoisotopic (exact) mass is 423 g/mol. The van der Waals surface area contributed by atoms with Crippen molar-refractivity contribution in [2.45, 2.75) is 32.6 Å². The summed E-state index contributed by atoms with van der Waals surface area (Å²) in [7, 11) is 0. The molecule has 3 aliphatic rings. The Kier molecular flexibility index (Phi) is 3.84. The molecule has 0 aromatic heterocycles. The average molecular weight is 424 g/mol. The number of halogens is 1. The van der Waals surface area contributed by atoms with E-state index in [1.807, 2.05) is 24.3 Å². The van der Waals surface area contributed by atoms with E-state index in [0.29, 0.717) is 17.5 Å². The van der Waals surface area contributed by atoms with E-state index in [4.69, 9.17) is 0 Å². The fourth-order valence-electron chi connectivity index (χ4n) is 5.82. The highest BCUT2D eigenvalue weighted by atomic mass is 79.9. The molecule has 1 saturated heterocycles. The summed E-state index contributed by atoms with van der Waals surface area (Å²) in [5.41, 5.74) is 4.64. The van der Waals surface area contributed by atoms with E-state index in [-0.39, 0.29) is 29.6 Å². The van der Waals surface area contributed by atoms with E-state index in [1.165, 1.54) is 21.6 Å². The second-order valence-corrected chi connectivity index (χ2v) is 9.32. The summed E-state index contributed by atoms with van der Waals surface area (Å²) in [5.74, 6) is 0.781. The Balaban J connectivity index is 1.50. The van der Waals surface area contributed by atoms with Gasteiger partial charge >= 0.3 is 0 Å². The van der Waals surface area contributed by atoms with Gasteiger partial charge in [0.05, 0.1) is 17.5 Å². The maximum absolute atomic E-state index is 13.3. The van der Waals surface area contributed by atoms with Gasteiger partial charge in [0.25, 0.3) is 0 Å². The lowest BCUT2D eigenvalue weighted by Gasteiger charge is -2.30. The first-order valence-corrected chi connectivity index (χ1v) is 10.5. The number of rotatable bonds is 2. The molecule has 138 valence electrons. The summed E-state index contributed by atoms with van der Waals surface area (Å²) in [5, 5.41) is 0.